The number of furan rings is 1. The summed E-state index contributed by atoms with van der Waals surface area (Å²) in [5.41, 5.74) is 2.82. The maximum atomic E-state index is 13.5. The first kappa shape index (κ1) is 27.3. The van der Waals surface area contributed by atoms with Crippen LogP contribution in [0.25, 0.3) is 28.4 Å². The average Bonchev–Trinajstić information content (AvgIpc) is 3.39. The van der Waals surface area contributed by atoms with Gasteiger partial charge in [-0.1, -0.05) is 42.5 Å². The maximum Gasteiger partial charge on any atom is 0.348 e. The quantitative estimate of drug-likeness (QED) is 0.0768. The van der Waals surface area contributed by atoms with Crippen molar-refractivity contribution in [2.75, 3.05) is 20.8 Å². The topological polar surface area (TPSA) is 84.2 Å². The molecule has 0 unspecified atom stereocenters. The summed E-state index contributed by atoms with van der Waals surface area (Å²) in [5, 5.41) is 0.590. The van der Waals surface area contributed by atoms with Gasteiger partial charge >= 0.3 is 5.97 Å². The highest BCUT2D eigenvalue weighted by Crippen LogP contribution is 2.36. The number of methoxy groups -OCH3 is 2. The van der Waals surface area contributed by atoms with Gasteiger partial charge in [-0.15, -0.1) is 0 Å². The number of ketones is 1. The van der Waals surface area contributed by atoms with Crippen LogP contribution in [0.4, 0.5) is 0 Å². The molecule has 0 amide bonds. The standard InChI is InChI=1S/C34H28O7/c1-4-39-26-16-19-29-27(21-26)32(33(41-29)24-8-6-5-7-9-24)34(36)40-25-14-12-23(13-15-25)28(35)17-10-22-11-18-30(37-2)31(20-22)38-3/h5-21H,4H2,1-3H3. The molecule has 206 valence electrons. The van der Waals surface area contributed by atoms with E-state index in [9.17, 15) is 9.59 Å². The molecule has 1 heterocycles. The number of ether oxygens (including phenoxy) is 4. The van der Waals surface area contributed by atoms with E-state index < -0.39 is 5.97 Å². The van der Waals surface area contributed by atoms with Crippen LogP contribution < -0.4 is 18.9 Å². The molecule has 7 heteroatoms. The molecule has 0 fully saturated rings. The summed E-state index contributed by atoms with van der Waals surface area (Å²) in [5.74, 6) is 1.73. The Labute approximate surface area is 237 Å². The number of esters is 1. The van der Waals surface area contributed by atoms with Crippen LogP contribution >= 0.6 is 0 Å². The number of benzene rings is 4. The van der Waals surface area contributed by atoms with E-state index in [1.54, 1.807) is 74.9 Å². The van der Waals surface area contributed by atoms with Crippen LogP contribution in [0.1, 0.15) is 33.2 Å². The van der Waals surface area contributed by atoms with Crippen LogP contribution in [0.3, 0.4) is 0 Å². The van der Waals surface area contributed by atoms with Crippen molar-refractivity contribution in [3.05, 3.63) is 114 Å². The molecular formula is C34H28O7. The lowest BCUT2D eigenvalue weighted by Crippen LogP contribution is -2.09. The molecule has 0 atom stereocenters. The molecule has 5 aromatic rings. The van der Waals surface area contributed by atoms with E-state index in [-0.39, 0.29) is 5.78 Å². The van der Waals surface area contributed by atoms with Crippen LogP contribution in [0, 0.1) is 0 Å². The van der Waals surface area contributed by atoms with Crippen LogP contribution in [0.15, 0.2) is 101 Å². The van der Waals surface area contributed by atoms with E-state index in [4.69, 9.17) is 23.4 Å². The first-order chi connectivity index (χ1) is 20.0. The van der Waals surface area contributed by atoms with Gasteiger partial charge in [0.1, 0.15) is 28.4 Å². The predicted molar refractivity (Wildman–Crippen MR) is 157 cm³/mol. The molecule has 0 spiro atoms. The fourth-order valence-electron chi connectivity index (χ4n) is 4.40. The molecule has 0 aliphatic heterocycles. The summed E-state index contributed by atoms with van der Waals surface area (Å²) < 4.78 is 28.1. The Balaban J connectivity index is 1.37. The highest BCUT2D eigenvalue weighted by molar-refractivity contribution is 6.10. The van der Waals surface area contributed by atoms with Gasteiger partial charge in [-0.05, 0) is 73.2 Å². The van der Waals surface area contributed by atoms with E-state index in [1.807, 2.05) is 43.3 Å². The summed E-state index contributed by atoms with van der Waals surface area (Å²) in [6, 6.07) is 26.5. The lowest BCUT2D eigenvalue weighted by Gasteiger charge is -2.07. The van der Waals surface area contributed by atoms with Crippen molar-refractivity contribution >= 4 is 28.8 Å². The monoisotopic (exact) mass is 548 g/mol. The van der Waals surface area contributed by atoms with Crippen LogP contribution in [-0.2, 0) is 0 Å². The van der Waals surface area contributed by atoms with E-state index in [0.29, 0.717) is 57.5 Å². The van der Waals surface area contributed by atoms with E-state index in [1.165, 1.54) is 6.08 Å². The van der Waals surface area contributed by atoms with Crippen LogP contribution in [0.2, 0.25) is 0 Å². The van der Waals surface area contributed by atoms with Gasteiger partial charge in [-0.25, -0.2) is 4.79 Å². The highest BCUT2D eigenvalue weighted by atomic mass is 16.5. The normalized spacial score (nSPS) is 11.0. The van der Waals surface area contributed by atoms with Crippen LogP contribution in [0.5, 0.6) is 23.0 Å². The summed E-state index contributed by atoms with van der Waals surface area (Å²) in [4.78, 5) is 26.3. The predicted octanol–water partition coefficient (Wildman–Crippen LogP) is 7.63. The molecule has 0 aliphatic rings. The first-order valence-electron chi connectivity index (χ1n) is 13.0. The Bertz CT molecular complexity index is 1710. The van der Waals surface area contributed by atoms with Crippen molar-refractivity contribution in [3.8, 4) is 34.3 Å². The van der Waals surface area contributed by atoms with Crippen molar-refractivity contribution in [1.82, 2.24) is 0 Å². The van der Waals surface area contributed by atoms with Gasteiger partial charge in [0.05, 0.1) is 20.8 Å². The summed E-state index contributed by atoms with van der Waals surface area (Å²) >= 11 is 0. The number of hydrogen-bond acceptors (Lipinski definition) is 7. The third kappa shape index (κ3) is 5.99. The van der Waals surface area contributed by atoms with Crippen molar-refractivity contribution in [1.29, 1.82) is 0 Å². The zero-order chi connectivity index (χ0) is 28.8. The molecule has 41 heavy (non-hydrogen) atoms. The molecule has 0 radical (unpaired) electrons. The Kier molecular flexibility index (Phi) is 8.15. The summed E-state index contributed by atoms with van der Waals surface area (Å²) in [6.07, 6.45) is 3.17. The lowest BCUT2D eigenvalue weighted by molar-refractivity contribution is 0.0737. The zero-order valence-electron chi connectivity index (χ0n) is 22.9. The fraction of sp³-hybridized carbons (Fsp3) is 0.118. The smallest absolute Gasteiger partial charge is 0.348 e. The second kappa shape index (κ2) is 12.3. The second-order valence-corrected chi connectivity index (χ2v) is 8.99. The van der Waals surface area contributed by atoms with Gasteiger partial charge in [-0.2, -0.15) is 0 Å². The molecule has 0 aliphatic carbocycles. The summed E-state index contributed by atoms with van der Waals surface area (Å²) in [7, 11) is 3.12. The SMILES string of the molecule is CCOc1ccc2oc(-c3ccccc3)c(C(=O)Oc3ccc(C(=O)C=Cc4ccc(OC)c(OC)c4)cc3)c2c1. The van der Waals surface area contributed by atoms with Crippen molar-refractivity contribution < 1.29 is 33.0 Å². The van der Waals surface area contributed by atoms with Gasteiger partial charge in [-0.3, -0.25) is 4.79 Å². The Morgan fingerprint density at radius 3 is 2.24 bits per heavy atom. The average molecular weight is 549 g/mol. The minimum absolute atomic E-state index is 0.201. The van der Waals surface area contributed by atoms with Gasteiger partial charge in [0.15, 0.2) is 17.3 Å². The van der Waals surface area contributed by atoms with Gasteiger partial charge in [0, 0.05) is 16.5 Å². The van der Waals surface area contributed by atoms with Gasteiger partial charge in [0.2, 0.25) is 0 Å². The Morgan fingerprint density at radius 1 is 0.805 bits per heavy atom. The fourth-order valence-corrected chi connectivity index (χ4v) is 4.40. The largest absolute Gasteiger partial charge is 0.494 e. The van der Waals surface area contributed by atoms with Crippen molar-refractivity contribution in [3.63, 3.8) is 0 Å². The molecule has 0 bridgehead atoms. The van der Waals surface area contributed by atoms with Crippen LogP contribution in [-0.4, -0.2) is 32.6 Å². The van der Waals surface area contributed by atoms with Gasteiger partial charge in [0.25, 0.3) is 0 Å². The number of fused-ring (bicyclic) bond motifs is 1. The molecule has 0 N–H and O–H groups in total. The molecule has 4 aromatic carbocycles. The van der Waals surface area contributed by atoms with Crippen molar-refractivity contribution in [2.45, 2.75) is 6.92 Å². The number of carbonyl (C=O) groups is 2. The molecule has 1 aromatic heterocycles. The maximum absolute atomic E-state index is 13.5. The molecular weight excluding hydrogens is 520 g/mol. The first-order valence-corrected chi connectivity index (χ1v) is 13.0. The highest BCUT2D eigenvalue weighted by Gasteiger charge is 2.24. The number of hydrogen-bond donors (Lipinski definition) is 0. The minimum atomic E-state index is -0.580. The number of carbonyl (C=O) groups excluding carboxylic acids is 2. The van der Waals surface area contributed by atoms with E-state index in [2.05, 4.69) is 0 Å². The third-order valence-electron chi connectivity index (χ3n) is 6.39. The zero-order valence-corrected chi connectivity index (χ0v) is 22.9. The molecule has 0 saturated heterocycles. The van der Waals surface area contributed by atoms with Gasteiger partial charge < -0.3 is 23.4 Å². The van der Waals surface area contributed by atoms with Crippen molar-refractivity contribution in [2.24, 2.45) is 0 Å². The van der Waals surface area contributed by atoms with E-state index >= 15 is 0 Å². The lowest BCUT2D eigenvalue weighted by atomic mass is 10.1. The Hall–Kier alpha value is -5.30. The Morgan fingerprint density at radius 2 is 1.54 bits per heavy atom. The number of allylic oxidation sites excluding steroid dienone is 1. The molecule has 7 nitrogen and oxygen atoms in total. The molecule has 0 saturated carbocycles. The number of rotatable bonds is 10. The van der Waals surface area contributed by atoms with E-state index in [0.717, 1.165) is 11.1 Å². The minimum Gasteiger partial charge on any atom is -0.494 e. The summed E-state index contributed by atoms with van der Waals surface area (Å²) in [6.45, 7) is 2.38. The third-order valence-corrected chi connectivity index (χ3v) is 6.39. The molecule has 5 rings (SSSR count). The second-order valence-electron chi connectivity index (χ2n) is 8.99.